The second-order valence-electron chi connectivity index (χ2n) is 12.3. The van der Waals surface area contributed by atoms with Crippen molar-refractivity contribution >= 4 is 23.7 Å². The van der Waals surface area contributed by atoms with Gasteiger partial charge in [0.05, 0.1) is 24.5 Å². The molecular formula is C35H49N3O7. The van der Waals surface area contributed by atoms with Gasteiger partial charge in [-0.3, -0.25) is 19.2 Å². The molecule has 1 aromatic rings. The van der Waals surface area contributed by atoms with E-state index in [0.717, 1.165) is 18.4 Å². The quantitative estimate of drug-likeness (QED) is 0.137. The summed E-state index contributed by atoms with van der Waals surface area (Å²) in [7, 11) is 0. The summed E-state index contributed by atoms with van der Waals surface area (Å²) in [5.41, 5.74) is -0.396. The van der Waals surface area contributed by atoms with Gasteiger partial charge in [0.1, 0.15) is 17.7 Å². The summed E-state index contributed by atoms with van der Waals surface area (Å²) in [6, 6.07) is 8.35. The maximum Gasteiger partial charge on any atom is 0.313 e. The lowest BCUT2D eigenvalue weighted by molar-refractivity contribution is -0.160. The fourth-order valence-corrected chi connectivity index (χ4v) is 7.12. The third-order valence-electron chi connectivity index (χ3n) is 9.30. The second kappa shape index (κ2) is 16.2. The average molecular weight is 624 g/mol. The van der Waals surface area contributed by atoms with Gasteiger partial charge in [-0.1, -0.05) is 55.8 Å². The van der Waals surface area contributed by atoms with Crippen LogP contribution in [-0.2, 0) is 28.7 Å². The minimum absolute atomic E-state index is 0.0585. The van der Waals surface area contributed by atoms with Crippen molar-refractivity contribution in [3.63, 3.8) is 0 Å². The molecule has 45 heavy (non-hydrogen) atoms. The van der Waals surface area contributed by atoms with Crippen molar-refractivity contribution in [2.24, 2.45) is 11.8 Å². The summed E-state index contributed by atoms with van der Waals surface area (Å²) in [6.07, 6.45) is 7.57. The summed E-state index contributed by atoms with van der Waals surface area (Å²) in [5, 5.41) is 12.1. The highest BCUT2D eigenvalue weighted by molar-refractivity contribution is 5.98. The Bertz CT molecular complexity index is 1210. The van der Waals surface area contributed by atoms with Crippen LogP contribution < -0.4 is 5.32 Å². The predicted octanol–water partition coefficient (Wildman–Crippen LogP) is 3.71. The Balaban J connectivity index is 1.61. The third kappa shape index (κ3) is 7.49. The van der Waals surface area contributed by atoms with Crippen LogP contribution in [0.5, 0.6) is 0 Å². The fraction of sp³-hybridized carbons (Fsp3) is 0.600. The standard InChI is InChI=1S/C35H49N3O7/c1-4-7-17-28(40)36-24-27(25-15-11-9-12-16-25)44-34(43)29-26-18-19-35(45-26)30(29)32(41)38(22-13-10-14-23-39)31(35)33(42)37(20-6-3)21-8-5-2/h4,6,9,11-12,15-16,26-27,29-31,39H,1,3,5,7-8,10,13-14,17-24H2,2H3,(H,36,40)/t26-,27-,29+,30+,31-,35+/m1/s1. The van der Waals surface area contributed by atoms with Gasteiger partial charge in [-0.05, 0) is 50.5 Å². The number of likely N-dealkylation sites (tertiary alicyclic amines) is 1. The lowest BCUT2D eigenvalue weighted by atomic mass is 9.70. The molecule has 3 saturated heterocycles. The number of benzene rings is 1. The number of hydrogen-bond donors (Lipinski definition) is 2. The van der Waals surface area contributed by atoms with Crippen molar-refractivity contribution in [1.82, 2.24) is 15.1 Å². The van der Waals surface area contributed by atoms with E-state index in [1.165, 1.54) is 0 Å². The van der Waals surface area contributed by atoms with Gasteiger partial charge in [0.15, 0.2) is 0 Å². The lowest BCUT2D eigenvalue weighted by Crippen LogP contribution is -2.56. The number of ether oxygens (including phenoxy) is 2. The summed E-state index contributed by atoms with van der Waals surface area (Å²) < 4.78 is 12.7. The van der Waals surface area contributed by atoms with Crippen LogP contribution in [0.2, 0.25) is 0 Å². The number of rotatable bonds is 19. The van der Waals surface area contributed by atoms with Crippen molar-refractivity contribution in [3.05, 3.63) is 61.2 Å². The van der Waals surface area contributed by atoms with Crippen LogP contribution >= 0.6 is 0 Å². The summed E-state index contributed by atoms with van der Waals surface area (Å²) >= 11 is 0. The lowest BCUT2D eigenvalue weighted by Gasteiger charge is -2.37. The zero-order valence-corrected chi connectivity index (χ0v) is 26.5. The predicted molar refractivity (Wildman–Crippen MR) is 170 cm³/mol. The fourth-order valence-electron chi connectivity index (χ4n) is 7.12. The van der Waals surface area contributed by atoms with Gasteiger partial charge in [0, 0.05) is 32.7 Å². The molecule has 0 unspecified atom stereocenters. The smallest absolute Gasteiger partial charge is 0.313 e. The first-order valence-electron chi connectivity index (χ1n) is 16.4. The number of allylic oxidation sites excluding steroid dienone is 1. The number of carbonyl (C=O) groups excluding carboxylic acids is 4. The molecule has 3 fully saturated rings. The Morgan fingerprint density at radius 3 is 2.64 bits per heavy atom. The number of aliphatic hydroxyl groups is 1. The van der Waals surface area contributed by atoms with Gasteiger partial charge in [0.2, 0.25) is 17.7 Å². The average Bonchev–Trinajstić information content (AvgIpc) is 3.69. The molecule has 2 bridgehead atoms. The number of fused-ring (bicyclic) bond motifs is 1. The second-order valence-corrected chi connectivity index (χ2v) is 12.3. The van der Waals surface area contributed by atoms with E-state index in [1.807, 2.05) is 30.3 Å². The molecule has 3 heterocycles. The van der Waals surface area contributed by atoms with Crippen molar-refractivity contribution in [2.45, 2.75) is 88.6 Å². The Morgan fingerprint density at radius 1 is 1.18 bits per heavy atom. The molecule has 10 heteroatoms. The summed E-state index contributed by atoms with van der Waals surface area (Å²) in [6.45, 7) is 10.9. The maximum atomic E-state index is 14.3. The first-order valence-corrected chi connectivity index (χ1v) is 16.4. The van der Waals surface area contributed by atoms with Crippen LogP contribution in [0.1, 0.15) is 76.4 Å². The van der Waals surface area contributed by atoms with Crippen LogP contribution in [0.3, 0.4) is 0 Å². The Labute approximate surface area is 266 Å². The molecule has 10 nitrogen and oxygen atoms in total. The highest BCUT2D eigenvalue weighted by Crippen LogP contribution is 2.59. The van der Waals surface area contributed by atoms with E-state index in [2.05, 4.69) is 25.4 Å². The molecule has 3 aliphatic heterocycles. The molecule has 246 valence electrons. The number of amides is 3. The van der Waals surface area contributed by atoms with Crippen molar-refractivity contribution in [3.8, 4) is 0 Å². The molecule has 0 aromatic heterocycles. The molecule has 6 atom stereocenters. The highest BCUT2D eigenvalue weighted by atomic mass is 16.6. The van der Waals surface area contributed by atoms with Gasteiger partial charge >= 0.3 is 5.97 Å². The Hall–Kier alpha value is -3.50. The number of esters is 1. The summed E-state index contributed by atoms with van der Waals surface area (Å²) in [4.78, 5) is 58.3. The molecule has 1 spiro atoms. The molecule has 3 aliphatic rings. The van der Waals surface area contributed by atoms with E-state index in [-0.39, 0.29) is 37.3 Å². The number of hydrogen-bond acceptors (Lipinski definition) is 7. The molecule has 0 aliphatic carbocycles. The Morgan fingerprint density at radius 2 is 1.96 bits per heavy atom. The summed E-state index contributed by atoms with van der Waals surface area (Å²) in [5.74, 6) is -2.88. The number of carbonyl (C=O) groups is 4. The Kier molecular flexibility index (Phi) is 12.4. The van der Waals surface area contributed by atoms with Crippen molar-refractivity contribution < 1.29 is 33.8 Å². The molecular weight excluding hydrogens is 574 g/mol. The largest absolute Gasteiger partial charge is 0.455 e. The topological polar surface area (TPSA) is 125 Å². The minimum atomic E-state index is -1.12. The van der Waals surface area contributed by atoms with Crippen LogP contribution in [0.15, 0.2) is 55.6 Å². The monoisotopic (exact) mass is 623 g/mol. The minimum Gasteiger partial charge on any atom is -0.455 e. The van der Waals surface area contributed by atoms with Crippen molar-refractivity contribution in [2.75, 3.05) is 32.8 Å². The zero-order valence-electron chi connectivity index (χ0n) is 26.5. The van der Waals surface area contributed by atoms with Gasteiger partial charge in [-0.2, -0.15) is 0 Å². The van der Waals surface area contributed by atoms with E-state index < -0.39 is 41.7 Å². The highest BCUT2D eigenvalue weighted by Gasteiger charge is 2.75. The van der Waals surface area contributed by atoms with E-state index in [1.54, 1.807) is 22.0 Å². The number of nitrogens with zero attached hydrogens (tertiary/aromatic N) is 2. The van der Waals surface area contributed by atoms with Gasteiger partial charge in [-0.15, -0.1) is 13.2 Å². The number of unbranched alkanes of at least 4 members (excludes halogenated alkanes) is 3. The molecule has 3 amide bonds. The molecule has 2 N–H and O–H groups in total. The van der Waals surface area contributed by atoms with Crippen LogP contribution in [0.4, 0.5) is 0 Å². The first kappa shape index (κ1) is 34.4. The molecule has 0 saturated carbocycles. The van der Waals surface area contributed by atoms with Gasteiger partial charge < -0.3 is 29.7 Å². The van der Waals surface area contributed by atoms with E-state index >= 15 is 0 Å². The normalized spacial score (nSPS) is 25.5. The van der Waals surface area contributed by atoms with Crippen molar-refractivity contribution in [1.29, 1.82) is 0 Å². The van der Waals surface area contributed by atoms with Crippen LogP contribution in [0, 0.1) is 11.8 Å². The van der Waals surface area contributed by atoms with E-state index in [0.29, 0.717) is 58.2 Å². The number of aliphatic hydroxyl groups excluding tert-OH is 1. The third-order valence-corrected chi connectivity index (χ3v) is 9.30. The first-order chi connectivity index (χ1) is 21.8. The SMILES string of the molecule is C=CCCC(=O)NC[C@@H](OC(=O)[C@@H]1[C@H]2C(=O)N(CCCCCO)[C@H](C(=O)N(CC=C)CCCC)[C@]23CC[C@H]1O3)c1ccccc1. The van der Waals surface area contributed by atoms with Gasteiger partial charge in [-0.25, -0.2) is 0 Å². The molecule has 4 rings (SSSR count). The van der Waals surface area contributed by atoms with Crippen LogP contribution in [0.25, 0.3) is 0 Å². The molecule has 1 aromatic carbocycles. The van der Waals surface area contributed by atoms with Gasteiger partial charge in [0.25, 0.3) is 0 Å². The zero-order chi connectivity index (χ0) is 32.4. The van der Waals surface area contributed by atoms with E-state index in [4.69, 9.17) is 9.47 Å². The van der Waals surface area contributed by atoms with E-state index in [9.17, 15) is 24.3 Å². The van der Waals surface area contributed by atoms with Crippen LogP contribution in [-0.4, -0.2) is 89.1 Å². The number of nitrogens with one attached hydrogen (secondary N) is 1. The maximum absolute atomic E-state index is 14.3. The molecule has 0 radical (unpaired) electrons.